The highest BCUT2D eigenvalue weighted by molar-refractivity contribution is 5.86. The van der Waals surface area contributed by atoms with Crippen LogP contribution < -0.4 is 5.73 Å². The summed E-state index contributed by atoms with van der Waals surface area (Å²) in [5.41, 5.74) is 5.81. The van der Waals surface area contributed by atoms with Gasteiger partial charge in [-0.25, -0.2) is 4.79 Å². The second kappa shape index (κ2) is 4.67. The Morgan fingerprint density at radius 1 is 1.69 bits per heavy atom. The average molecular weight is 224 g/mol. The van der Waals surface area contributed by atoms with E-state index < -0.39 is 5.97 Å². The molecular weight excluding hydrogens is 208 g/mol. The van der Waals surface area contributed by atoms with Crippen LogP contribution in [0, 0.1) is 0 Å². The van der Waals surface area contributed by atoms with Crippen molar-refractivity contribution in [3.05, 3.63) is 23.7 Å². The number of esters is 1. The lowest BCUT2D eigenvalue weighted by Crippen LogP contribution is -2.26. The lowest BCUT2D eigenvalue weighted by molar-refractivity contribution is 0.0561. The Kier molecular flexibility index (Phi) is 3.26. The van der Waals surface area contributed by atoms with E-state index in [0.717, 1.165) is 25.3 Å². The Morgan fingerprint density at radius 3 is 3.12 bits per heavy atom. The molecule has 1 aromatic rings. The van der Waals surface area contributed by atoms with Crippen molar-refractivity contribution in [2.45, 2.75) is 19.0 Å². The molecule has 16 heavy (non-hydrogen) atoms. The minimum atomic E-state index is -0.440. The maximum atomic E-state index is 11.2. The molecule has 2 N–H and O–H groups in total. The van der Waals surface area contributed by atoms with Gasteiger partial charge in [-0.15, -0.1) is 0 Å². The number of nitrogens with zero attached hydrogens (tertiary/aromatic N) is 1. The summed E-state index contributed by atoms with van der Waals surface area (Å²) in [6, 6.07) is 3.70. The van der Waals surface area contributed by atoms with Crippen molar-refractivity contribution in [3.63, 3.8) is 0 Å². The van der Waals surface area contributed by atoms with Crippen molar-refractivity contribution in [2.75, 3.05) is 20.2 Å². The number of ether oxygens (including phenoxy) is 1. The van der Waals surface area contributed by atoms with Crippen LogP contribution in [-0.4, -0.2) is 37.1 Å². The first-order chi connectivity index (χ1) is 7.69. The normalized spacial score (nSPS) is 21.2. The number of hydrogen-bond donors (Lipinski definition) is 1. The van der Waals surface area contributed by atoms with E-state index in [1.165, 1.54) is 7.11 Å². The maximum absolute atomic E-state index is 11.2. The Balaban J connectivity index is 1.95. The van der Waals surface area contributed by atoms with Gasteiger partial charge >= 0.3 is 5.97 Å². The summed E-state index contributed by atoms with van der Waals surface area (Å²) in [6.45, 7) is 2.56. The summed E-state index contributed by atoms with van der Waals surface area (Å²) in [5.74, 6) is 0.583. The van der Waals surface area contributed by atoms with Crippen LogP contribution in [0.4, 0.5) is 0 Å². The molecule has 0 radical (unpaired) electrons. The summed E-state index contributed by atoms with van der Waals surface area (Å²) in [6.07, 6.45) is 1.02. The monoisotopic (exact) mass is 224 g/mol. The SMILES string of the molecule is COC(=O)c1ccc(CN2CC[C@@H](N)C2)o1. The highest BCUT2D eigenvalue weighted by atomic mass is 16.5. The number of rotatable bonds is 3. The molecule has 0 aliphatic carbocycles. The van der Waals surface area contributed by atoms with Crippen LogP contribution in [0.2, 0.25) is 0 Å². The van der Waals surface area contributed by atoms with Gasteiger partial charge in [0.1, 0.15) is 5.76 Å². The van der Waals surface area contributed by atoms with E-state index in [4.69, 9.17) is 10.2 Å². The Bertz CT molecular complexity index is 375. The number of furan rings is 1. The molecular formula is C11H16N2O3. The van der Waals surface area contributed by atoms with Crippen LogP contribution in [0.5, 0.6) is 0 Å². The van der Waals surface area contributed by atoms with Crippen molar-refractivity contribution in [1.29, 1.82) is 0 Å². The van der Waals surface area contributed by atoms with Crippen molar-refractivity contribution >= 4 is 5.97 Å². The predicted octanol–water partition coefficient (Wildman–Crippen LogP) is 0.599. The number of nitrogens with two attached hydrogens (primary N) is 1. The van der Waals surface area contributed by atoms with E-state index in [2.05, 4.69) is 9.64 Å². The van der Waals surface area contributed by atoms with E-state index in [9.17, 15) is 4.79 Å². The molecule has 88 valence electrons. The van der Waals surface area contributed by atoms with Crippen LogP contribution >= 0.6 is 0 Å². The van der Waals surface area contributed by atoms with Gasteiger partial charge in [0.05, 0.1) is 13.7 Å². The summed E-state index contributed by atoms with van der Waals surface area (Å²) in [4.78, 5) is 13.4. The molecule has 0 amide bonds. The van der Waals surface area contributed by atoms with Gasteiger partial charge in [0.25, 0.3) is 0 Å². The van der Waals surface area contributed by atoms with Gasteiger partial charge in [-0.2, -0.15) is 0 Å². The van der Waals surface area contributed by atoms with Gasteiger partial charge < -0.3 is 14.9 Å². The van der Waals surface area contributed by atoms with E-state index >= 15 is 0 Å². The highest BCUT2D eigenvalue weighted by Crippen LogP contribution is 2.15. The zero-order valence-electron chi connectivity index (χ0n) is 9.31. The van der Waals surface area contributed by atoms with Crippen LogP contribution in [-0.2, 0) is 11.3 Å². The van der Waals surface area contributed by atoms with E-state index in [0.29, 0.717) is 6.54 Å². The second-order valence-electron chi connectivity index (χ2n) is 4.04. The topological polar surface area (TPSA) is 68.7 Å². The van der Waals surface area contributed by atoms with Gasteiger partial charge in [0.2, 0.25) is 5.76 Å². The summed E-state index contributed by atoms with van der Waals surface area (Å²) in [5, 5.41) is 0. The predicted molar refractivity (Wildman–Crippen MR) is 57.9 cm³/mol. The quantitative estimate of drug-likeness (QED) is 0.761. The first-order valence-electron chi connectivity index (χ1n) is 5.34. The molecule has 1 atom stereocenters. The molecule has 2 rings (SSSR count). The molecule has 1 saturated heterocycles. The smallest absolute Gasteiger partial charge is 0.373 e. The molecule has 5 heteroatoms. The summed E-state index contributed by atoms with van der Waals surface area (Å²) >= 11 is 0. The highest BCUT2D eigenvalue weighted by Gasteiger charge is 2.20. The number of carbonyl (C=O) groups excluding carboxylic acids is 1. The number of carbonyl (C=O) groups is 1. The molecule has 1 aliphatic heterocycles. The zero-order valence-corrected chi connectivity index (χ0v) is 9.31. The van der Waals surface area contributed by atoms with E-state index in [1.807, 2.05) is 0 Å². The second-order valence-corrected chi connectivity index (χ2v) is 4.04. The van der Waals surface area contributed by atoms with Crippen molar-refractivity contribution < 1.29 is 13.9 Å². The fourth-order valence-corrected chi connectivity index (χ4v) is 1.90. The lowest BCUT2D eigenvalue weighted by Gasteiger charge is -2.12. The maximum Gasteiger partial charge on any atom is 0.373 e. The third-order valence-electron chi connectivity index (χ3n) is 2.74. The third-order valence-corrected chi connectivity index (χ3v) is 2.74. The van der Waals surface area contributed by atoms with Gasteiger partial charge in [-0.05, 0) is 18.6 Å². The van der Waals surface area contributed by atoms with Crippen LogP contribution in [0.3, 0.4) is 0 Å². The number of hydrogen-bond acceptors (Lipinski definition) is 5. The molecule has 2 heterocycles. The molecule has 0 aromatic carbocycles. The molecule has 0 bridgehead atoms. The molecule has 1 aliphatic rings. The van der Waals surface area contributed by atoms with Crippen molar-refractivity contribution in [1.82, 2.24) is 4.90 Å². The first kappa shape index (κ1) is 11.2. The third kappa shape index (κ3) is 2.43. The fourth-order valence-electron chi connectivity index (χ4n) is 1.90. The molecule has 0 saturated carbocycles. The molecule has 0 spiro atoms. The minimum absolute atomic E-state index is 0.251. The van der Waals surface area contributed by atoms with E-state index in [-0.39, 0.29) is 11.8 Å². The molecule has 0 unspecified atom stereocenters. The number of likely N-dealkylation sites (tertiary alicyclic amines) is 1. The van der Waals surface area contributed by atoms with Crippen LogP contribution in [0.25, 0.3) is 0 Å². The fraction of sp³-hybridized carbons (Fsp3) is 0.545. The van der Waals surface area contributed by atoms with Crippen LogP contribution in [0.15, 0.2) is 16.5 Å². The average Bonchev–Trinajstić information content (AvgIpc) is 2.87. The van der Waals surface area contributed by atoms with Gasteiger partial charge in [0.15, 0.2) is 0 Å². The Morgan fingerprint density at radius 2 is 2.50 bits per heavy atom. The van der Waals surface area contributed by atoms with Gasteiger partial charge in [-0.1, -0.05) is 0 Å². The molecule has 5 nitrogen and oxygen atoms in total. The standard InChI is InChI=1S/C11H16N2O3/c1-15-11(14)10-3-2-9(16-10)7-13-5-4-8(12)6-13/h2-3,8H,4-7,12H2,1H3/t8-/m1/s1. The van der Waals surface area contributed by atoms with Crippen molar-refractivity contribution in [2.24, 2.45) is 5.73 Å². The Hall–Kier alpha value is -1.33. The molecule has 1 fully saturated rings. The molecule has 1 aromatic heterocycles. The van der Waals surface area contributed by atoms with Crippen LogP contribution in [0.1, 0.15) is 22.7 Å². The first-order valence-corrected chi connectivity index (χ1v) is 5.34. The largest absolute Gasteiger partial charge is 0.463 e. The lowest BCUT2D eigenvalue weighted by atomic mass is 10.3. The number of methoxy groups -OCH3 is 1. The zero-order chi connectivity index (χ0) is 11.5. The van der Waals surface area contributed by atoms with Crippen molar-refractivity contribution in [3.8, 4) is 0 Å². The summed E-state index contributed by atoms with van der Waals surface area (Å²) in [7, 11) is 1.34. The van der Waals surface area contributed by atoms with E-state index in [1.54, 1.807) is 12.1 Å². The summed E-state index contributed by atoms with van der Waals surface area (Å²) < 4.78 is 9.95. The van der Waals surface area contributed by atoms with Gasteiger partial charge in [-0.3, -0.25) is 4.90 Å². The Labute approximate surface area is 94.1 Å². The minimum Gasteiger partial charge on any atom is -0.463 e. The van der Waals surface area contributed by atoms with Gasteiger partial charge in [0, 0.05) is 19.1 Å².